The number of rotatable bonds is 6. The van der Waals surface area contributed by atoms with Crippen LogP contribution in [0, 0.1) is 23.4 Å². The maximum absolute atomic E-state index is 13.4. The molecule has 1 unspecified atom stereocenters. The fourth-order valence-corrected chi connectivity index (χ4v) is 2.70. The van der Waals surface area contributed by atoms with Gasteiger partial charge in [-0.2, -0.15) is 0 Å². The summed E-state index contributed by atoms with van der Waals surface area (Å²) >= 11 is 0. The van der Waals surface area contributed by atoms with E-state index in [-0.39, 0.29) is 12.5 Å². The van der Waals surface area contributed by atoms with Crippen molar-refractivity contribution < 1.29 is 21.6 Å². The molecule has 1 atom stereocenters. The van der Waals surface area contributed by atoms with Crippen LogP contribution < -0.4 is 10.0 Å². The highest BCUT2D eigenvalue weighted by Gasteiger charge is 2.24. The molecule has 0 fully saturated rings. The first-order valence-electron chi connectivity index (χ1n) is 5.57. The van der Waals surface area contributed by atoms with Crippen LogP contribution in [0.5, 0.6) is 0 Å². The van der Waals surface area contributed by atoms with Gasteiger partial charge in [-0.05, 0) is 31.6 Å². The molecule has 0 aliphatic heterocycles. The first-order chi connectivity index (χ1) is 8.79. The van der Waals surface area contributed by atoms with Gasteiger partial charge in [0, 0.05) is 6.54 Å². The van der Waals surface area contributed by atoms with Gasteiger partial charge in [-0.15, -0.1) is 0 Å². The molecule has 1 rings (SSSR count). The van der Waals surface area contributed by atoms with Crippen LogP contribution in [-0.4, -0.2) is 28.6 Å². The Morgan fingerprint density at radius 3 is 2.37 bits per heavy atom. The number of sulfonamides is 1. The second kappa shape index (κ2) is 6.36. The van der Waals surface area contributed by atoms with Crippen LogP contribution in [0.15, 0.2) is 17.0 Å². The fourth-order valence-electron chi connectivity index (χ4n) is 1.47. The van der Waals surface area contributed by atoms with Crippen molar-refractivity contribution >= 4 is 10.0 Å². The van der Waals surface area contributed by atoms with E-state index >= 15 is 0 Å². The summed E-state index contributed by atoms with van der Waals surface area (Å²) in [6.07, 6.45) is 0. The molecule has 0 heterocycles. The van der Waals surface area contributed by atoms with Crippen molar-refractivity contribution in [3.63, 3.8) is 0 Å². The van der Waals surface area contributed by atoms with Crippen molar-refractivity contribution in [3.05, 3.63) is 29.6 Å². The lowest BCUT2D eigenvalue weighted by molar-refractivity contribution is 0.431. The van der Waals surface area contributed by atoms with Crippen LogP contribution in [-0.2, 0) is 10.0 Å². The Labute approximate surface area is 110 Å². The summed E-state index contributed by atoms with van der Waals surface area (Å²) in [7, 11) is -2.49. The summed E-state index contributed by atoms with van der Waals surface area (Å²) in [4.78, 5) is -0.900. The van der Waals surface area contributed by atoms with E-state index in [2.05, 4.69) is 10.0 Å². The van der Waals surface area contributed by atoms with Crippen molar-refractivity contribution in [1.29, 1.82) is 0 Å². The summed E-state index contributed by atoms with van der Waals surface area (Å²) in [6, 6.07) is 1.27. The third-order valence-electron chi connectivity index (χ3n) is 2.46. The van der Waals surface area contributed by atoms with Gasteiger partial charge in [-0.1, -0.05) is 6.92 Å². The van der Waals surface area contributed by atoms with Crippen molar-refractivity contribution in [3.8, 4) is 0 Å². The highest BCUT2D eigenvalue weighted by Crippen LogP contribution is 2.19. The van der Waals surface area contributed by atoms with Crippen molar-refractivity contribution in [2.24, 2.45) is 5.92 Å². The Hall–Kier alpha value is -1.12. The Morgan fingerprint density at radius 2 is 1.79 bits per heavy atom. The smallest absolute Gasteiger partial charge is 0.243 e. The average Bonchev–Trinajstić information content (AvgIpc) is 2.34. The average molecular weight is 296 g/mol. The quantitative estimate of drug-likeness (QED) is 0.777. The summed E-state index contributed by atoms with van der Waals surface area (Å²) in [5.41, 5.74) is 0. The van der Waals surface area contributed by atoms with E-state index < -0.39 is 32.4 Å². The molecule has 0 saturated carbocycles. The molecule has 0 saturated heterocycles. The van der Waals surface area contributed by atoms with Crippen LogP contribution in [0.25, 0.3) is 0 Å². The molecule has 0 bridgehead atoms. The number of benzene rings is 1. The predicted octanol–water partition coefficient (Wildman–Crippen LogP) is 1.24. The standard InChI is InChI=1S/C11H15F3N2O2S/c1-7(5-15-2)6-16-19(17,18)9-4-3-8(12)10(13)11(9)14/h3-4,7,15-16H,5-6H2,1-2H3. The summed E-state index contributed by atoms with van der Waals surface area (Å²) in [5, 5.41) is 2.85. The van der Waals surface area contributed by atoms with E-state index in [1.54, 1.807) is 14.0 Å². The lowest BCUT2D eigenvalue weighted by atomic mass is 10.2. The van der Waals surface area contributed by atoms with Gasteiger partial charge in [-0.3, -0.25) is 0 Å². The molecular weight excluding hydrogens is 281 g/mol. The third-order valence-corrected chi connectivity index (χ3v) is 3.90. The molecule has 0 aliphatic carbocycles. The Bertz CT molecular complexity index is 549. The molecule has 4 nitrogen and oxygen atoms in total. The molecule has 8 heteroatoms. The van der Waals surface area contributed by atoms with E-state index in [0.717, 1.165) is 0 Å². The molecule has 0 aromatic heterocycles. The molecule has 0 radical (unpaired) electrons. The first-order valence-corrected chi connectivity index (χ1v) is 7.05. The van der Waals surface area contributed by atoms with E-state index in [4.69, 9.17) is 0 Å². The van der Waals surface area contributed by atoms with Gasteiger partial charge in [0.1, 0.15) is 4.90 Å². The highest BCUT2D eigenvalue weighted by molar-refractivity contribution is 7.89. The largest absolute Gasteiger partial charge is 0.319 e. The number of nitrogens with one attached hydrogen (secondary N) is 2. The van der Waals surface area contributed by atoms with Crippen LogP contribution >= 0.6 is 0 Å². The molecule has 0 spiro atoms. The maximum atomic E-state index is 13.4. The SMILES string of the molecule is CNCC(C)CNS(=O)(=O)c1ccc(F)c(F)c1F. The van der Waals surface area contributed by atoms with Gasteiger partial charge >= 0.3 is 0 Å². The summed E-state index contributed by atoms with van der Waals surface area (Å²) in [6.45, 7) is 2.39. The minimum Gasteiger partial charge on any atom is -0.319 e. The van der Waals surface area contributed by atoms with Crippen molar-refractivity contribution in [1.82, 2.24) is 10.0 Å². The zero-order valence-electron chi connectivity index (χ0n) is 10.5. The lowest BCUT2D eigenvalue weighted by Crippen LogP contribution is -2.32. The maximum Gasteiger partial charge on any atom is 0.243 e. The molecule has 1 aromatic carbocycles. The summed E-state index contributed by atoms with van der Waals surface area (Å²) < 4.78 is 64.8. The Balaban J connectivity index is 2.92. The van der Waals surface area contributed by atoms with Crippen molar-refractivity contribution in [2.45, 2.75) is 11.8 Å². The van der Waals surface area contributed by atoms with Gasteiger partial charge in [0.15, 0.2) is 17.5 Å². The van der Waals surface area contributed by atoms with E-state index in [0.29, 0.717) is 18.7 Å². The van der Waals surface area contributed by atoms with Crippen LogP contribution in [0.4, 0.5) is 13.2 Å². The van der Waals surface area contributed by atoms with Crippen molar-refractivity contribution in [2.75, 3.05) is 20.1 Å². The monoisotopic (exact) mass is 296 g/mol. The topological polar surface area (TPSA) is 58.2 Å². The molecule has 0 aliphatic rings. The second-order valence-corrected chi connectivity index (χ2v) is 5.92. The third kappa shape index (κ3) is 3.92. The highest BCUT2D eigenvalue weighted by atomic mass is 32.2. The van der Waals surface area contributed by atoms with Crippen LogP contribution in [0.1, 0.15) is 6.92 Å². The molecule has 2 N–H and O–H groups in total. The normalized spacial score (nSPS) is 13.5. The van der Waals surface area contributed by atoms with Gasteiger partial charge in [0.25, 0.3) is 0 Å². The van der Waals surface area contributed by atoms with Gasteiger partial charge < -0.3 is 5.32 Å². The zero-order valence-corrected chi connectivity index (χ0v) is 11.3. The van der Waals surface area contributed by atoms with Crippen LogP contribution in [0.2, 0.25) is 0 Å². The van der Waals surface area contributed by atoms with Gasteiger partial charge in [-0.25, -0.2) is 26.3 Å². The van der Waals surface area contributed by atoms with Gasteiger partial charge in [0.2, 0.25) is 10.0 Å². The minimum absolute atomic E-state index is 0.0341. The second-order valence-electron chi connectivity index (χ2n) is 4.19. The Morgan fingerprint density at radius 1 is 1.16 bits per heavy atom. The fraction of sp³-hybridized carbons (Fsp3) is 0.455. The number of hydrogen-bond donors (Lipinski definition) is 2. The molecule has 0 amide bonds. The zero-order chi connectivity index (χ0) is 14.6. The van der Waals surface area contributed by atoms with E-state index in [1.165, 1.54) is 0 Å². The molecule has 19 heavy (non-hydrogen) atoms. The van der Waals surface area contributed by atoms with E-state index in [9.17, 15) is 21.6 Å². The predicted molar refractivity (Wildman–Crippen MR) is 64.6 cm³/mol. The number of halogens is 3. The van der Waals surface area contributed by atoms with Crippen LogP contribution in [0.3, 0.4) is 0 Å². The Kier molecular flexibility index (Phi) is 5.33. The minimum atomic E-state index is -4.20. The van der Waals surface area contributed by atoms with E-state index in [1.807, 2.05) is 0 Å². The first kappa shape index (κ1) is 15.9. The molecular formula is C11H15F3N2O2S. The molecule has 108 valence electrons. The number of hydrogen-bond acceptors (Lipinski definition) is 3. The summed E-state index contributed by atoms with van der Waals surface area (Å²) in [5.74, 6) is -4.98. The van der Waals surface area contributed by atoms with Gasteiger partial charge in [0.05, 0.1) is 0 Å². The lowest BCUT2D eigenvalue weighted by Gasteiger charge is -2.13. The molecule has 1 aromatic rings.